The summed E-state index contributed by atoms with van der Waals surface area (Å²) in [5.41, 5.74) is 0. The van der Waals surface area contributed by atoms with Crippen LogP contribution in [-0.4, -0.2) is 23.4 Å². The lowest BCUT2D eigenvalue weighted by Gasteiger charge is -2.21. The highest BCUT2D eigenvalue weighted by atomic mass is 16.2. The van der Waals surface area contributed by atoms with E-state index in [0.29, 0.717) is 0 Å². The number of carbonyl (C=O) groups excluding carboxylic acids is 1. The molecule has 0 aliphatic carbocycles. The summed E-state index contributed by atoms with van der Waals surface area (Å²) in [5.74, 6) is 0.377. The molecular formula is C11H18N2O. The van der Waals surface area contributed by atoms with Crippen LogP contribution in [0.3, 0.4) is 0 Å². The lowest BCUT2D eigenvalue weighted by Crippen LogP contribution is -2.36. The number of nitrogens with zero attached hydrogens (tertiary/aromatic N) is 2. The molecule has 1 saturated heterocycles. The fraction of sp³-hybridized carbons (Fsp3) is 0.818. The van der Waals surface area contributed by atoms with Crippen molar-refractivity contribution in [2.75, 3.05) is 6.54 Å². The van der Waals surface area contributed by atoms with E-state index in [0.717, 1.165) is 32.2 Å². The topological polar surface area (TPSA) is 44.1 Å². The maximum Gasteiger partial charge on any atom is 0.226 e. The lowest BCUT2D eigenvalue weighted by atomic mass is 10.0. The Morgan fingerprint density at radius 3 is 2.86 bits per heavy atom. The van der Waals surface area contributed by atoms with Gasteiger partial charge in [0.1, 0.15) is 6.04 Å². The molecule has 1 heterocycles. The standard InChI is InChI=1S/C11H18N2O/c1-3-5-9-6-7-13(11(9)14)10(4-2)8-12/h9-10H,3-7H2,1-2H3. The van der Waals surface area contributed by atoms with Crippen molar-refractivity contribution in [3.05, 3.63) is 0 Å². The highest BCUT2D eigenvalue weighted by Gasteiger charge is 2.34. The van der Waals surface area contributed by atoms with Gasteiger partial charge < -0.3 is 4.90 Å². The van der Waals surface area contributed by atoms with E-state index >= 15 is 0 Å². The predicted octanol–water partition coefficient (Wildman–Crippen LogP) is 1.94. The van der Waals surface area contributed by atoms with E-state index in [1.54, 1.807) is 4.90 Å². The minimum Gasteiger partial charge on any atom is -0.326 e. The van der Waals surface area contributed by atoms with Gasteiger partial charge in [0.2, 0.25) is 5.91 Å². The summed E-state index contributed by atoms with van der Waals surface area (Å²) >= 11 is 0. The SMILES string of the molecule is CCCC1CCN(C(C#N)CC)C1=O. The average Bonchev–Trinajstić information content (AvgIpc) is 2.53. The van der Waals surface area contributed by atoms with E-state index in [9.17, 15) is 4.79 Å². The monoisotopic (exact) mass is 194 g/mol. The highest BCUT2D eigenvalue weighted by Crippen LogP contribution is 2.24. The molecule has 1 aliphatic rings. The molecule has 0 aromatic heterocycles. The summed E-state index contributed by atoms with van der Waals surface area (Å²) in [5, 5.41) is 8.88. The lowest BCUT2D eigenvalue weighted by molar-refractivity contribution is -0.132. The first-order valence-electron chi connectivity index (χ1n) is 5.44. The van der Waals surface area contributed by atoms with E-state index in [2.05, 4.69) is 13.0 Å². The van der Waals surface area contributed by atoms with E-state index in [-0.39, 0.29) is 17.9 Å². The summed E-state index contributed by atoms with van der Waals surface area (Å²) in [6.07, 6.45) is 3.69. The van der Waals surface area contributed by atoms with Gasteiger partial charge in [-0.1, -0.05) is 20.3 Å². The fourth-order valence-corrected chi connectivity index (χ4v) is 2.07. The molecule has 0 N–H and O–H groups in total. The first-order valence-corrected chi connectivity index (χ1v) is 5.44. The quantitative estimate of drug-likeness (QED) is 0.686. The Morgan fingerprint density at radius 1 is 1.64 bits per heavy atom. The molecule has 2 atom stereocenters. The predicted molar refractivity (Wildman–Crippen MR) is 54.4 cm³/mol. The molecule has 1 rings (SSSR count). The van der Waals surface area contributed by atoms with Crippen molar-refractivity contribution in [1.29, 1.82) is 5.26 Å². The Morgan fingerprint density at radius 2 is 2.36 bits per heavy atom. The molecule has 14 heavy (non-hydrogen) atoms. The number of nitriles is 1. The number of likely N-dealkylation sites (tertiary alicyclic amines) is 1. The van der Waals surface area contributed by atoms with Crippen molar-refractivity contribution >= 4 is 5.91 Å². The zero-order valence-corrected chi connectivity index (χ0v) is 8.99. The van der Waals surface area contributed by atoms with E-state index in [1.165, 1.54) is 0 Å². The van der Waals surface area contributed by atoms with E-state index in [1.807, 2.05) is 6.92 Å². The number of carbonyl (C=O) groups is 1. The smallest absolute Gasteiger partial charge is 0.226 e. The highest BCUT2D eigenvalue weighted by molar-refractivity contribution is 5.81. The number of rotatable bonds is 4. The molecular weight excluding hydrogens is 176 g/mol. The maximum atomic E-state index is 11.8. The summed E-state index contributed by atoms with van der Waals surface area (Å²) < 4.78 is 0. The van der Waals surface area contributed by atoms with Crippen LogP contribution in [0.5, 0.6) is 0 Å². The molecule has 0 aromatic carbocycles. The third kappa shape index (κ3) is 2.06. The van der Waals surface area contributed by atoms with E-state index < -0.39 is 0 Å². The molecule has 3 heteroatoms. The van der Waals surface area contributed by atoms with Crippen LogP contribution in [0.1, 0.15) is 39.5 Å². The molecule has 78 valence electrons. The van der Waals surface area contributed by atoms with Crippen molar-refractivity contribution in [3.63, 3.8) is 0 Å². The van der Waals surface area contributed by atoms with Crippen molar-refractivity contribution in [2.24, 2.45) is 5.92 Å². The minimum absolute atomic E-state index is 0.183. The van der Waals surface area contributed by atoms with Crippen LogP contribution in [0, 0.1) is 17.2 Å². The molecule has 0 radical (unpaired) electrons. The maximum absolute atomic E-state index is 11.8. The number of hydrogen-bond acceptors (Lipinski definition) is 2. The minimum atomic E-state index is -0.204. The van der Waals surface area contributed by atoms with Gasteiger partial charge in [-0.15, -0.1) is 0 Å². The molecule has 0 spiro atoms. The van der Waals surface area contributed by atoms with Crippen LogP contribution in [-0.2, 0) is 4.79 Å². The molecule has 0 aromatic rings. The van der Waals surface area contributed by atoms with Gasteiger partial charge in [0.05, 0.1) is 6.07 Å². The van der Waals surface area contributed by atoms with Gasteiger partial charge >= 0.3 is 0 Å². The largest absolute Gasteiger partial charge is 0.326 e. The summed E-state index contributed by atoms with van der Waals surface area (Å²) in [6.45, 7) is 4.82. The molecule has 0 bridgehead atoms. The number of hydrogen-bond donors (Lipinski definition) is 0. The van der Waals surface area contributed by atoms with Crippen LogP contribution in [0.15, 0.2) is 0 Å². The van der Waals surface area contributed by atoms with Gasteiger partial charge in [-0.2, -0.15) is 5.26 Å². The van der Waals surface area contributed by atoms with Crippen LogP contribution in [0.25, 0.3) is 0 Å². The van der Waals surface area contributed by atoms with E-state index in [4.69, 9.17) is 5.26 Å². The molecule has 0 saturated carbocycles. The molecule has 1 amide bonds. The summed E-state index contributed by atoms with van der Waals surface area (Å²) in [6, 6.07) is 1.99. The normalized spacial score (nSPS) is 23.6. The van der Waals surface area contributed by atoms with Crippen molar-refractivity contribution in [3.8, 4) is 6.07 Å². The number of amides is 1. The van der Waals surface area contributed by atoms with Gasteiger partial charge in [0, 0.05) is 12.5 Å². The van der Waals surface area contributed by atoms with Gasteiger partial charge in [-0.3, -0.25) is 4.79 Å². The van der Waals surface area contributed by atoms with Gasteiger partial charge in [0.15, 0.2) is 0 Å². The first kappa shape index (κ1) is 11.0. The van der Waals surface area contributed by atoms with Gasteiger partial charge in [-0.25, -0.2) is 0 Å². The third-order valence-corrected chi connectivity index (χ3v) is 2.90. The zero-order valence-electron chi connectivity index (χ0n) is 8.99. The zero-order chi connectivity index (χ0) is 10.6. The van der Waals surface area contributed by atoms with Crippen LogP contribution in [0.4, 0.5) is 0 Å². The Bertz CT molecular complexity index is 244. The summed E-state index contributed by atoms with van der Waals surface area (Å²) in [4.78, 5) is 13.6. The Hall–Kier alpha value is -1.04. The summed E-state index contributed by atoms with van der Waals surface area (Å²) in [7, 11) is 0. The van der Waals surface area contributed by atoms with Crippen molar-refractivity contribution in [2.45, 2.75) is 45.6 Å². The van der Waals surface area contributed by atoms with Crippen molar-refractivity contribution < 1.29 is 4.79 Å². The van der Waals surface area contributed by atoms with Gasteiger partial charge in [0.25, 0.3) is 0 Å². The van der Waals surface area contributed by atoms with Crippen LogP contribution in [0.2, 0.25) is 0 Å². The van der Waals surface area contributed by atoms with Gasteiger partial charge in [-0.05, 0) is 19.3 Å². The second-order valence-electron chi connectivity index (χ2n) is 3.86. The molecule has 3 nitrogen and oxygen atoms in total. The Kier molecular flexibility index (Phi) is 3.94. The molecule has 1 aliphatic heterocycles. The molecule has 1 fully saturated rings. The average molecular weight is 194 g/mol. The second kappa shape index (κ2) is 4.99. The fourth-order valence-electron chi connectivity index (χ4n) is 2.07. The van der Waals surface area contributed by atoms with Crippen LogP contribution < -0.4 is 0 Å². The first-order chi connectivity index (χ1) is 6.74. The Balaban J connectivity index is 2.59. The third-order valence-electron chi connectivity index (χ3n) is 2.90. The van der Waals surface area contributed by atoms with Crippen LogP contribution >= 0.6 is 0 Å². The second-order valence-corrected chi connectivity index (χ2v) is 3.86. The van der Waals surface area contributed by atoms with Crippen molar-refractivity contribution in [1.82, 2.24) is 4.90 Å². The molecule has 2 unspecified atom stereocenters. The Labute approximate surface area is 85.7 Å².